The van der Waals surface area contributed by atoms with E-state index in [1.165, 1.54) is 27.6 Å². The molecular weight excluding hydrogens is 234 g/mol. The van der Waals surface area contributed by atoms with Gasteiger partial charge in [0.05, 0.1) is 0 Å². The van der Waals surface area contributed by atoms with Gasteiger partial charge in [-0.15, -0.1) is 0 Å². The highest BCUT2D eigenvalue weighted by atomic mass is 15.1. The maximum atomic E-state index is 6.28. The van der Waals surface area contributed by atoms with Gasteiger partial charge >= 0.3 is 0 Å². The summed E-state index contributed by atoms with van der Waals surface area (Å²) in [6, 6.07) is 4.88. The molecule has 2 aromatic rings. The first-order chi connectivity index (χ1) is 9.13. The molecule has 2 N–H and O–H groups in total. The van der Waals surface area contributed by atoms with Crippen LogP contribution in [0.15, 0.2) is 18.3 Å². The molecule has 1 aliphatic rings. The van der Waals surface area contributed by atoms with Crippen LogP contribution in [0.3, 0.4) is 0 Å². The van der Waals surface area contributed by atoms with Gasteiger partial charge in [0.1, 0.15) is 0 Å². The molecule has 0 saturated heterocycles. The van der Waals surface area contributed by atoms with Crippen molar-refractivity contribution in [2.24, 2.45) is 5.73 Å². The largest absolute Gasteiger partial charge is 0.347 e. The fourth-order valence-electron chi connectivity index (χ4n) is 3.16. The summed E-state index contributed by atoms with van der Waals surface area (Å²) >= 11 is 0. The van der Waals surface area contributed by atoms with Crippen molar-refractivity contribution in [3.05, 3.63) is 35.0 Å². The van der Waals surface area contributed by atoms with Crippen molar-refractivity contribution in [3.63, 3.8) is 0 Å². The molecule has 1 aromatic carbocycles. The lowest BCUT2D eigenvalue weighted by atomic mass is 10.0. The molecule has 1 unspecified atom stereocenters. The number of benzene rings is 1. The average molecular weight is 257 g/mol. The minimum Gasteiger partial charge on any atom is -0.347 e. The molecule has 0 spiro atoms. The Morgan fingerprint density at radius 1 is 1.21 bits per heavy atom. The van der Waals surface area contributed by atoms with E-state index in [0.717, 1.165) is 26.1 Å². The van der Waals surface area contributed by atoms with Crippen molar-refractivity contribution in [3.8, 4) is 0 Å². The third-order valence-corrected chi connectivity index (χ3v) is 4.29. The Morgan fingerprint density at radius 2 is 1.89 bits per heavy atom. The molecule has 0 bridgehead atoms. The highest BCUT2D eigenvalue weighted by molar-refractivity contribution is 5.86. The zero-order valence-corrected chi connectivity index (χ0v) is 12.1. The van der Waals surface area contributed by atoms with Gasteiger partial charge in [-0.3, -0.25) is 4.90 Å². The summed E-state index contributed by atoms with van der Waals surface area (Å²) in [7, 11) is 2.18. The van der Waals surface area contributed by atoms with E-state index in [1.54, 1.807) is 0 Å². The predicted molar refractivity (Wildman–Crippen MR) is 80.0 cm³/mol. The number of aryl methyl sites for hydroxylation is 1. The second-order valence-electron chi connectivity index (χ2n) is 5.70. The first-order valence-corrected chi connectivity index (χ1v) is 7.22. The molecule has 0 radical (unpaired) electrons. The van der Waals surface area contributed by atoms with Gasteiger partial charge in [-0.1, -0.05) is 6.92 Å². The van der Waals surface area contributed by atoms with E-state index in [9.17, 15) is 0 Å². The molecule has 1 atom stereocenters. The van der Waals surface area contributed by atoms with Gasteiger partial charge in [0, 0.05) is 42.8 Å². The van der Waals surface area contributed by atoms with Crippen LogP contribution >= 0.6 is 0 Å². The molecule has 3 heteroatoms. The van der Waals surface area contributed by atoms with E-state index < -0.39 is 0 Å². The third-order valence-electron chi connectivity index (χ3n) is 4.29. The van der Waals surface area contributed by atoms with Crippen molar-refractivity contribution in [1.29, 1.82) is 0 Å². The second kappa shape index (κ2) is 4.66. The van der Waals surface area contributed by atoms with Crippen LogP contribution in [0.5, 0.6) is 0 Å². The van der Waals surface area contributed by atoms with Gasteiger partial charge in [-0.05, 0) is 49.2 Å². The molecule has 19 heavy (non-hydrogen) atoms. The van der Waals surface area contributed by atoms with Crippen LogP contribution in [0.25, 0.3) is 10.9 Å². The van der Waals surface area contributed by atoms with Crippen LogP contribution in [0.4, 0.5) is 0 Å². The van der Waals surface area contributed by atoms with E-state index in [2.05, 4.69) is 48.7 Å². The van der Waals surface area contributed by atoms with Crippen molar-refractivity contribution in [1.82, 2.24) is 9.47 Å². The molecule has 1 aliphatic heterocycles. The van der Waals surface area contributed by atoms with Crippen molar-refractivity contribution < 1.29 is 0 Å². The quantitative estimate of drug-likeness (QED) is 0.917. The van der Waals surface area contributed by atoms with Gasteiger partial charge in [0.15, 0.2) is 0 Å². The fraction of sp³-hybridized carbons (Fsp3) is 0.500. The zero-order valence-electron chi connectivity index (χ0n) is 12.1. The summed E-state index contributed by atoms with van der Waals surface area (Å²) in [4.78, 5) is 2.36. The topological polar surface area (TPSA) is 34.2 Å². The van der Waals surface area contributed by atoms with Crippen molar-refractivity contribution in [2.75, 3.05) is 7.05 Å². The first kappa shape index (κ1) is 12.7. The maximum absolute atomic E-state index is 6.28. The van der Waals surface area contributed by atoms with Gasteiger partial charge < -0.3 is 10.3 Å². The highest BCUT2D eigenvalue weighted by Crippen LogP contribution is 2.32. The van der Waals surface area contributed by atoms with E-state index in [4.69, 9.17) is 5.73 Å². The molecule has 0 amide bonds. The lowest BCUT2D eigenvalue weighted by Crippen LogP contribution is -2.08. The smallest absolute Gasteiger partial charge is 0.0487 e. The molecule has 102 valence electrons. The first-order valence-electron chi connectivity index (χ1n) is 7.22. The van der Waals surface area contributed by atoms with E-state index in [1.807, 2.05) is 0 Å². The standard InChI is InChI=1S/C16H23N3/c1-4-15(17)14-10-19(5-2)16-7-12-9-18(3)8-11(12)6-13(14)16/h6-7,10,15H,4-5,8-9,17H2,1-3H3. The van der Waals surface area contributed by atoms with Crippen LogP contribution in [0, 0.1) is 0 Å². The highest BCUT2D eigenvalue weighted by Gasteiger charge is 2.20. The van der Waals surface area contributed by atoms with Crippen LogP contribution < -0.4 is 5.73 Å². The van der Waals surface area contributed by atoms with E-state index in [0.29, 0.717) is 0 Å². The molecule has 2 heterocycles. The van der Waals surface area contributed by atoms with Crippen molar-refractivity contribution in [2.45, 2.75) is 45.9 Å². The minimum atomic E-state index is 0.146. The normalized spacial score (nSPS) is 17.1. The van der Waals surface area contributed by atoms with E-state index in [-0.39, 0.29) is 6.04 Å². The maximum Gasteiger partial charge on any atom is 0.0487 e. The Kier molecular flexibility index (Phi) is 3.11. The number of rotatable bonds is 3. The Bertz CT molecular complexity index is 612. The summed E-state index contributed by atoms with van der Waals surface area (Å²) in [6.07, 6.45) is 3.23. The van der Waals surface area contributed by atoms with E-state index >= 15 is 0 Å². The average Bonchev–Trinajstić information content (AvgIpc) is 2.93. The number of nitrogens with zero attached hydrogens (tertiary/aromatic N) is 2. The number of nitrogens with two attached hydrogens (primary N) is 1. The second-order valence-corrected chi connectivity index (χ2v) is 5.70. The van der Waals surface area contributed by atoms with Gasteiger partial charge in [0.2, 0.25) is 0 Å². The SMILES string of the molecule is CCC(N)c1cn(CC)c2cc3c(cc12)CN(C)C3. The molecule has 1 aromatic heterocycles. The zero-order chi connectivity index (χ0) is 13.6. The monoisotopic (exact) mass is 257 g/mol. The van der Waals surface area contributed by atoms with Gasteiger partial charge in [-0.25, -0.2) is 0 Å². The third kappa shape index (κ3) is 1.97. The van der Waals surface area contributed by atoms with Crippen LogP contribution in [0.1, 0.15) is 43.0 Å². The Hall–Kier alpha value is -1.32. The molecule has 0 aliphatic carbocycles. The Balaban J connectivity index is 2.22. The van der Waals surface area contributed by atoms with Crippen LogP contribution in [-0.4, -0.2) is 16.5 Å². The molecular formula is C16H23N3. The van der Waals surface area contributed by atoms with Gasteiger partial charge in [0.25, 0.3) is 0 Å². The number of hydrogen-bond acceptors (Lipinski definition) is 2. The summed E-state index contributed by atoms with van der Waals surface area (Å²) < 4.78 is 2.33. The fourth-order valence-corrected chi connectivity index (χ4v) is 3.16. The van der Waals surface area contributed by atoms with Gasteiger partial charge in [-0.2, -0.15) is 0 Å². The number of aromatic nitrogens is 1. The summed E-state index contributed by atoms with van der Waals surface area (Å²) in [5, 5.41) is 1.35. The number of fused-ring (bicyclic) bond motifs is 2. The Labute approximate surface area is 115 Å². The van der Waals surface area contributed by atoms with Crippen LogP contribution in [0.2, 0.25) is 0 Å². The number of hydrogen-bond donors (Lipinski definition) is 1. The minimum absolute atomic E-state index is 0.146. The van der Waals surface area contributed by atoms with Crippen LogP contribution in [-0.2, 0) is 19.6 Å². The predicted octanol–water partition coefficient (Wildman–Crippen LogP) is 3.02. The lowest BCUT2D eigenvalue weighted by molar-refractivity contribution is 0.353. The summed E-state index contributed by atoms with van der Waals surface area (Å²) in [6.45, 7) is 7.47. The molecule has 3 rings (SSSR count). The Morgan fingerprint density at radius 3 is 2.53 bits per heavy atom. The summed E-state index contributed by atoms with van der Waals surface area (Å²) in [5.41, 5.74) is 11.9. The molecule has 0 saturated carbocycles. The molecule has 0 fully saturated rings. The summed E-state index contributed by atoms with van der Waals surface area (Å²) in [5.74, 6) is 0. The van der Waals surface area contributed by atoms with Crippen molar-refractivity contribution >= 4 is 10.9 Å². The lowest BCUT2D eigenvalue weighted by Gasteiger charge is -2.07. The molecule has 3 nitrogen and oxygen atoms in total.